The maximum absolute atomic E-state index is 11.7. The number of ether oxygens (including phenoxy) is 2. The second-order valence-electron chi connectivity index (χ2n) is 11.2. The highest BCUT2D eigenvalue weighted by molar-refractivity contribution is 5.69. The minimum absolute atomic E-state index is 0.0797. The van der Waals surface area contributed by atoms with Gasteiger partial charge in [-0.15, -0.1) is 0 Å². The molecule has 0 atom stereocenters. The van der Waals surface area contributed by atoms with E-state index >= 15 is 0 Å². The minimum atomic E-state index is -0.165. The molecule has 0 aromatic heterocycles. The fraction of sp³-hybridized carbons (Fsp3) is 0.829. The number of aliphatic hydroxyl groups excluding tert-OH is 1. The van der Waals surface area contributed by atoms with Crippen LogP contribution in [-0.2, 0) is 19.1 Å². The molecule has 40 heavy (non-hydrogen) atoms. The van der Waals surface area contributed by atoms with Gasteiger partial charge in [-0.3, -0.25) is 9.59 Å². The third-order valence-corrected chi connectivity index (χ3v) is 7.20. The molecule has 0 aromatic rings. The van der Waals surface area contributed by atoms with E-state index in [0.29, 0.717) is 26.1 Å². The number of allylic oxidation sites excluding steroid dienone is 4. The first kappa shape index (κ1) is 38.4. The van der Waals surface area contributed by atoms with Crippen molar-refractivity contribution in [3.05, 3.63) is 24.3 Å². The lowest BCUT2D eigenvalue weighted by Crippen LogP contribution is -2.06. The zero-order valence-electron chi connectivity index (χ0n) is 26.4. The van der Waals surface area contributed by atoms with Crippen molar-refractivity contribution >= 4 is 11.9 Å². The molecule has 0 rings (SSSR count). The maximum Gasteiger partial charge on any atom is 0.306 e. The Morgan fingerprint density at radius 2 is 0.875 bits per heavy atom. The van der Waals surface area contributed by atoms with Gasteiger partial charge in [-0.1, -0.05) is 128 Å². The van der Waals surface area contributed by atoms with Gasteiger partial charge in [-0.2, -0.15) is 0 Å². The number of aliphatic hydroxyl groups is 1. The van der Waals surface area contributed by atoms with Crippen molar-refractivity contribution in [2.75, 3.05) is 13.2 Å². The molecule has 0 radical (unpaired) electrons. The Balaban J connectivity index is 3.34. The Hall–Kier alpha value is -1.62. The molecular formula is C35H64O5. The Bertz CT molecular complexity index is 561. The molecule has 0 aromatic carbocycles. The summed E-state index contributed by atoms with van der Waals surface area (Å²) in [6.07, 6.45) is 33.1. The summed E-state index contributed by atoms with van der Waals surface area (Å²) >= 11 is 0. The first-order valence-electron chi connectivity index (χ1n) is 16.9. The van der Waals surface area contributed by atoms with Crippen molar-refractivity contribution in [1.29, 1.82) is 0 Å². The van der Waals surface area contributed by atoms with Gasteiger partial charge in [-0.25, -0.2) is 0 Å². The lowest BCUT2D eigenvalue weighted by molar-refractivity contribution is -0.144. The van der Waals surface area contributed by atoms with Crippen LogP contribution in [0, 0.1) is 0 Å². The molecule has 1 N–H and O–H groups in total. The van der Waals surface area contributed by atoms with Crippen LogP contribution in [0.15, 0.2) is 24.3 Å². The largest absolute Gasteiger partial charge is 0.466 e. The molecule has 0 amide bonds. The monoisotopic (exact) mass is 564 g/mol. The molecule has 5 heteroatoms. The first-order valence-corrected chi connectivity index (χ1v) is 16.9. The summed E-state index contributed by atoms with van der Waals surface area (Å²) in [5.74, 6) is -0.159. The number of unbranched alkanes of at least 4 members (excludes halogenated alkanes) is 14. The van der Waals surface area contributed by atoms with E-state index in [1.807, 2.05) is 0 Å². The molecule has 0 unspecified atom stereocenters. The van der Waals surface area contributed by atoms with Crippen LogP contribution in [0.2, 0.25) is 0 Å². The van der Waals surface area contributed by atoms with Crippen LogP contribution in [0.1, 0.15) is 168 Å². The lowest BCUT2D eigenvalue weighted by Gasteiger charge is -2.10. The van der Waals surface area contributed by atoms with E-state index < -0.39 is 0 Å². The van der Waals surface area contributed by atoms with Crippen LogP contribution >= 0.6 is 0 Å². The van der Waals surface area contributed by atoms with Gasteiger partial charge < -0.3 is 14.6 Å². The van der Waals surface area contributed by atoms with Crippen molar-refractivity contribution in [2.45, 2.75) is 174 Å². The highest BCUT2D eigenvalue weighted by Gasteiger charge is 2.05. The van der Waals surface area contributed by atoms with Crippen LogP contribution < -0.4 is 0 Å². The molecule has 0 saturated carbocycles. The quantitative estimate of drug-likeness (QED) is 0.0534. The molecule has 0 spiro atoms. The predicted molar refractivity (Wildman–Crippen MR) is 168 cm³/mol. The van der Waals surface area contributed by atoms with Gasteiger partial charge in [0.2, 0.25) is 0 Å². The van der Waals surface area contributed by atoms with Crippen molar-refractivity contribution in [3.63, 3.8) is 0 Å². The average molecular weight is 565 g/mol. The van der Waals surface area contributed by atoms with E-state index in [0.717, 1.165) is 77.0 Å². The van der Waals surface area contributed by atoms with Crippen molar-refractivity contribution in [3.8, 4) is 0 Å². The molecule has 0 heterocycles. The zero-order valence-corrected chi connectivity index (χ0v) is 26.4. The van der Waals surface area contributed by atoms with Gasteiger partial charge in [0.05, 0.1) is 19.3 Å². The third-order valence-electron chi connectivity index (χ3n) is 7.20. The molecule has 0 aliphatic heterocycles. The summed E-state index contributed by atoms with van der Waals surface area (Å²) in [6, 6.07) is 0. The Morgan fingerprint density at radius 1 is 0.525 bits per heavy atom. The highest BCUT2D eigenvalue weighted by atomic mass is 16.5. The summed E-state index contributed by atoms with van der Waals surface area (Å²) in [7, 11) is 0. The minimum Gasteiger partial charge on any atom is -0.466 e. The van der Waals surface area contributed by atoms with E-state index in [9.17, 15) is 14.7 Å². The second-order valence-corrected chi connectivity index (χ2v) is 11.2. The average Bonchev–Trinajstić information content (AvgIpc) is 2.94. The number of rotatable bonds is 30. The van der Waals surface area contributed by atoms with Gasteiger partial charge in [0.1, 0.15) is 0 Å². The third kappa shape index (κ3) is 30.9. The molecule has 5 nitrogen and oxygen atoms in total. The number of hydrogen-bond acceptors (Lipinski definition) is 5. The summed E-state index contributed by atoms with van der Waals surface area (Å²) in [5.41, 5.74) is 0. The second kappa shape index (κ2) is 31.9. The summed E-state index contributed by atoms with van der Waals surface area (Å²) in [4.78, 5) is 23.4. The van der Waals surface area contributed by atoms with E-state index in [1.54, 1.807) is 0 Å². The molecule has 0 fully saturated rings. The number of esters is 2. The topological polar surface area (TPSA) is 72.8 Å². The van der Waals surface area contributed by atoms with E-state index in [2.05, 4.69) is 38.2 Å². The first-order chi connectivity index (χ1) is 19.6. The smallest absolute Gasteiger partial charge is 0.306 e. The Kier molecular flexibility index (Phi) is 30.6. The number of hydrogen-bond donors (Lipinski definition) is 1. The Morgan fingerprint density at radius 3 is 1.27 bits per heavy atom. The van der Waals surface area contributed by atoms with Gasteiger partial charge in [0, 0.05) is 12.8 Å². The summed E-state index contributed by atoms with van der Waals surface area (Å²) < 4.78 is 10.6. The van der Waals surface area contributed by atoms with Gasteiger partial charge in [0.15, 0.2) is 0 Å². The van der Waals surface area contributed by atoms with E-state index in [-0.39, 0.29) is 18.0 Å². The van der Waals surface area contributed by atoms with Gasteiger partial charge in [-0.05, 0) is 51.4 Å². The fourth-order valence-electron chi connectivity index (χ4n) is 4.56. The van der Waals surface area contributed by atoms with Crippen LogP contribution in [0.3, 0.4) is 0 Å². The fourth-order valence-corrected chi connectivity index (χ4v) is 4.56. The Labute approximate surface area is 247 Å². The predicted octanol–water partition coefficient (Wildman–Crippen LogP) is 9.95. The SMILES string of the molecule is CCCC/C=C\CCC(=O)OCCCCCCCCC(O)CCCCCCCCOC(=O)CC/C=C\CCCC. The molecular weight excluding hydrogens is 500 g/mol. The lowest BCUT2D eigenvalue weighted by atomic mass is 10.0. The highest BCUT2D eigenvalue weighted by Crippen LogP contribution is 2.14. The normalized spacial score (nSPS) is 11.7. The van der Waals surface area contributed by atoms with E-state index in [1.165, 1.54) is 64.2 Å². The number of carbonyl (C=O) groups is 2. The van der Waals surface area contributed by atoms with Crippen molar-refractivity contribution in [1.82, 2.24) is 0 Å². The summed E-state index contributed by atoms with van der Waals surface area (Å²) in [6.45, 7) is 5.46. The van der Waals surface area contributed by atoms with Crippen LogP contribution in [0.4, 0.5) is 0 Å². The van der Waals surface area contributed by atoms with Crippen LogP contribution in [-0.4, -0.2) is 36.4 Å². The molecule has 0 saturated heterocycles. The van der Waals surface area contributed by atoms with Crippen molar-refractivity contribution in [2.24, 2.45) is 0 Å². The molecule has 0 aliphatic rings. The maximum atomic E-state index is 11.7. The number of carbonyl (C=O) groups excluding carboxylic acids is 2. The zero-order chi connectivity index (χ0) is 29.4. The molecule has 0 bridgehead atoms. The standard InChI is InChI=1S/C35H64O5/c1-3-5-7-9-17-23-29-34(37)39-31-25-19-13-11-15-21-27-33(36)28-22-16-12-14-20-26-32-40-35(38)30-24-18-10-8-6-4-2/h9-10,17-18,33,36H,3-8,11-16,19-32H2,1-2H3/b17-9-,18-10-. The molecule has 234 valence electrons. The van der Waals surface area contributed by atoms with Gasteiger partial charge >= 0.3 is 11.9 Å². The van der Waals surface area contributed by atoms with Crippen LogP contribution in [0.5, 0.6) is 0 Å². The van der Waals surface area contributed by atoms with Crippen LogP contribution in [0.25, 0.3) is 0 Å². The van der Waals surface area contributed by atoms with Crippen molar-refractivity contribution < 1.29 is 24.2 Å². The van der Waals surface area contributed by atoms with Gasteiger partial charge in [0.25, 0.3) is 0 Å². The summed E-state index contributed by atoms with van der Waals surface area (Å²) in [5, 5.41) is 10.2. The molecule has 0 aliphatic carbocycles. The van der Waals surface area contributed by atoms with E-state index in [4.69, 9.17) is 9.47 Å².